The zero-order valence-corrected chi connectivity index (χ0v) is 12.7. The number of nitrogens with one attached hydrogen (secondary N) is 1. The zero-order valence-electron chi connectivity index (χ0n) is 11.9. The fourth-order valence-electron chi connectivity index (χ4n) is 1.89. The molecule has 22 heavy (non-hydrogen) atoms. The number of nitriles is 1. The number of hydrogen-bond donors (Lipinski definition) is 1. The van der Waals surface area contributed by atoms with Gasteiger partial charge in [-0.05, 0) is 55.5 Å². The summed E-state index contributed by atoms with van der Waals surface area (Å²) < 4.78 is 24.9. The van der Waals surface area contributed by atoms with E-state index in [4.69, 9.17) is 5.26 Å². The van der Waals surface area contributed by atoms with Crippen molar-refractivity contribution in [3.05, 3.63) is 59.7 Å². The zero-order chi connectivity index (χ0) is 16.2. The number of sulfone groups is 1. The molecular formula is C16H14N2O3S. The van der Waals surface area contributed by atoms with Gasteiger partial charge in [-0.3, -0.25) is 4.79 Å². The van der Waals surface area contributed by atoms with E-state index in [2.05, 4.69) is 5.32 Å². The van der Waals surface area contributed by atoms with Crippen LogP contribution >= 0.6 is 0 Å². The molecule has 0 saturated heterocycles. The van der Waals surface area contributed by atoms with E-state index in [1.54, 1.807) is 0 Å². The van der Waals surface area contributed by atoms with E-state index in [0.29, 0.717) is 17.7 Å². The van der Waals surface area contributed by atoms with Crippen molar-refractivity contribution >= 4 is 15.7 Å². The van der Waals surface area contributed by atoms with Crippen LogP contribution in [0.1, 0.15) is 22.8 Å². The van der Waals surface area contributed by atoms with Crippen LogP contribution < -0.4 is 5.32 Å². The van der Waals surface area contributed by atoms with Gasteiger partial charge in [0.1, 0.15) is 0 Å². The molecule has 0 heterocycles. The number of hydrogen-bond acceptors (Lipinski definition) is 4. The van der Waals surface area contributed by atoms with Crippen molar-refractivity contribution in [3.63, 3.8) is 0 Å². The molecule has 0 unspecified atom stereocenters. The molecule has 0 aromatic heterocycles. The van der Waals surface area contributed by atoms with Crippen LogP contribution in [0.4, 0.5) is 0 Å². The largest absolute Gasteiger partial charge is 0.352 e. The molecule has 0 atom stereocenters. The molecule has 2 rings (SSSR count). The van der Waals surface area contributed by atoms with Crippen molar-refractivity contribution in [2.24, 2.45) is 0 Å². The van der Waals surface area contributed by atoms with Gasteiger partial charge in [0, 0.05) is 12.1 Å². The highest BCUT2D eigenvalue weighted by Crippen LogP contribution is 2.21. The molecule has 0 saturated carbocycles. The number of nitrogens with zero attached hydrogens (tertiary/aromatic N) is 1. The molecule has 0 aliphatic heterocycles. The van der Waals surface area contributed by atoms with Crippen molar-refractivity contribution in [2.75, 3.05) is 6.54 Å². The van der Waals surface area contributed by atoms with Gasteiger partial charge in [-0.25, -0.2) is 8.42 Å². The highest BCUT2D eigenvalue weighted by atomic mass is 32.2. The lowest BCUT2D eigenvalue weighted by Crippen LogP contribution is -2.22. The second kappa shape index (κ2) is 6.41. The molecule has 1 amide bonds. The third kappa shape index (κ3) is 3.15. The minimum absolute atomic E-state index is 0.102. The van der Waals surface area contributed by atoms with Crippen molar-refractivity contribution < 1.29 is 13.2 Å². The van der Waals surface area contributed by atoms with E-state index < -0.39 is 9.84 Å². The van der Waals surface area contributed by atoms with E-state index in [0.717, 1.165) is 0 Å². The van der Waals surface area contributed by atoms with E-state index in [-0.39, 0.29) is 15.7 Å². The second-order valence-corrected chi connectivity index (χ2v) is 6.47. The van der Waals surface area contributed by atoms with E-state index in [1.165, 1.54) is 48.5 Å². The van der Waals surface area contributed by atoms with Gasteiger partial charge in [0.15, 0.2) is 0 Å². The normalized spacial score (nSPS) is 10.7. The molecule has 0 aliphatic carbocycles. The summed E-state index contributed by atoms with van der Waals surface area (Å²) in [5.41, 5.74) is 0.797. The monoisotopic (exact) mass is 314 g/mol. The molecule has 6 heteroatoms. The predicted molar refractivity (Wildman–Crippen MR) is 81.1 cm³/mol. The molecule has 5 nitrogen and oxygen atoms in total. The quantitative estimate of drug-likeness (QED) is 0.936. The second-order valence-electron chi connectivity index (χ2n) is 4.52. The summed E-state index contributed by atoms with van der Waals surface area (Å²) in [6.45, 7) is 2.31. The minimum Gasteiger partial charge on any atom is -0.352 e. The third-order valence-corrected chi connectivity index (χ3v) is 4.84. The first-order chi connectivity index (χ1) is 10.5. The lowest BCUT2D eigenvalue weighted by molar-refractivity contribution is 0.0955. The van der Waals surface area contributed by atoms with E-state index in [1.807, 2.05) is 13.0 Å². The first-order valence-electron chi connectivity index (χ1n) is 6.62. The van der Waals surface area contributed by atoms with Gasteiger partial charge in [-0.1, -0.05) is 0 Å². The average Bonchev–Trinajstić information content (AvgIpc) is 2.55. The molecule has 0 aliphatic rings. The molecule has 2 aromatic rings. The number of amides is 1. The standard InChI is InChI=1S/C16H14N2O3S/c1-2-18-16(19)13-5-9-15(10-6-13)22(20,21)14-7-3-12(11-17)4-8-14/h3-10H,2H2,1H3,(H,18,19). The number of rotatable bonds is 4. The van der Waals surface area contributed by atoms with Crippen LogP contribution in [0, 0.1) is 11.3 Å². The van der Waals surface area contributed by atoms with Gasteiger partial charge < -0.3 is 5.32 Å². The van der Waals surface area contributed by atoms with Crippen molar-refractivity contribution in [3.8, 4) is 6.07 Å². The lowest BCUT2D eigenvalue weighted by atomic mass is 10.2. The lowest BCUT2D eigenvalue weighted by Gasteiger charge is -2.06. The van der Waals surface area contributed by atoms with Gasteiger partial charge in [0.05, 0.1) is 21.4 Å². The van der Waals surface area contributed by atoms with Crippen molar-refractivity contribution in [1.29, 1.82) is 5.26 Å². The molecule has 0 bridgehead atoms. The fourth-order valence-corrected chi connectivity index (χ4v) is 3.15. The molecule has 0 radical (unpaired) electrons. The van der Waals surface area contributed by atoms with Crippen LogP contribution in [0.5, 0.6) is 0 Å². The van der Waals surface area contributed by atoms with E-state index >= 15 is 0 Å². The van der Waals surface area contributed by atoms with Crippen LogP contribution in [-0.2, 0) is 9.84 Å². The van der Waals surface area contributed by atoms with Gasteiger partial charge in [0.2, 0.25) is 9.84 Å². The van der Waals surface area contributed by atoms with Gasteiger partial charge in [-0.2, -0.15) is 5.26 Å². The minimum atomic E-state index is -3.66. The first kappa shape index (κ1) is 15.7. The van der Waals surface area contributed by atoms with Crippen molar-refractivity contribution in [1.82, 2.24) is 5.32 Å². The Morgan fingerprint density at radius 1 is 1.05 bits per heavy atom. The Morgan fingerprint density at radius 3 is 2.00 bits per heavy atom. The number of carbonyl (C=O) groups excluding carboxylic acids is 1. The van der Waals surface area contributed by atoms with Gasteiger partial charge >= 0.3 is 0 Å². The Bertz CT molecular complexity index is 817. The Labute approximate surface area is 129 Å². The average molecular weight is 314 g/mol. The van der Waals surface area contributed by atoms with E-state index in [9.17, 15) is 13.2 Å². The maximum absolute atomic E-state index is 12.5. The third-order valence-electron chi connectivity index (χ3n) is 3.06. The van der Waals surface area contributed by atoms with Crippen LogP contribution in [-0.4, -0.2) is 20.9 Å². The molecular weight excluding hydrogens is 300 g/mol. The molecule has 112 valence electrons. The Kier molecular flexibility index (Phi) is 4.59. The fraction of sp³-hybridized carbons (Fsp3) is 0.125. The summed E-state index contributed by atoms with van der Waals surface area (Å²) in [6, 6.07) is 13.4. The highest BCUT2D eigenvalue weighted by Gasteiger charge is 2.18. The highest BCUT2D eigenvalue weighted by molar-refractivity contribution is 7.91. The molecule has 1 N–H and O–H groups in total. The molecule has 0 fully saturated rings. The predicted octanol–water partition coefficient (Wildman–Crippen LogP) is 2.14. The topological polar surface area (TPSA) is 87.0 Å². The van der Waals surface area contributed by atoms with Gasteiger partial charge in [-0.15, -0.1) is 0 Å². The van der Waals surface area contributed by atoms with Crippen LogP contribution in [0.25, 0.3) is 0 Å². The summed E-state index contributed by atoms with van der Waals surface area (Å²) in [6.07, 6.45) is 0. The van der Waals surface area contributed by atoms with Gasteiger partial charge in [0.25, 0.3) is 5.91 Å². The number of carbonyl (C=O) groups is 1. The maximum atomic E-state index is 12.5. The summed E-state index contributed by atoms with van der Waals surface area (Å²) in [4.78, 5) is 11.9. The maximum Gasteiger partial charge on any atom is 0.251 e. The Morgan fingerprint density at radius 2 is 1.55 bits per heavy atom. The van der Waals surface area contributed by atoms with Crippen LogP contribution in [0.2, 0.25) is 0 Å². The molecule has 2 aromatic carbocycles. The summed E-state index contributed by atoms with van der Waals surface area (Å²) in [5, 5.41) is 11.4. The number of benzene rings is 2. The Balaban J connectivity index is 2.33. The van der Waals surface area contributed by atoms with Crippen LogP contribution in [0.3, 0.4) is 0 Å². The summed E-state index contributed by atoms with van der Waals surface area (Å²) in [7, 11) is -3.66. The Hall–Kier alpha value is -2.65. The molecule has 0 spiro atoms. The summed E-state index contributed by atoms with van der Waals surface area (Å²) >= 11 is 0. The first-order valence-corrected chi connectivity index (χ1v) is 8.11. The summed E-state index contributed by atoms with van der Waals surface area (Å²) in [5.74, 6) is -0.246. The SMILES string of the molecule is CCNC(=O)c1ccc(S(=O)(=O)c2ccc(C#N)cc2)cc1. The van der Waals surface area contributed by atoms with Crippen LogP contribution in [0.15, 0.2) is 58.3 Å². The van der Waals surface area contributed by atoms with Crippen molar-refractivity contribution in [2.45, 2.75) is 16.7 Å². The smallest absolute Gasteiger partial charge is 0.251 e.